The van der Waals surface area contributed by atoms with E-state index in [2.05, 4.69) is 4.98 Å². The van der Waals surface area contributed by atoms with Crippen molar-refractivity contribution in [2.24, 2.45) is 0 Å². The Morgan fingerprint density at radius 2 is 2.09 bits per heavy atom. The molecule has 1 aromatic carbocycles. The smallest absolute Gasteiger partial charge is 0.338 e. The highest BCUT2D eigenvalue weighted by Gasteiger charge is 2.38. The fourth-order valence-corrected chi connectivity index (χ4v) is 4.51. The number of aromatic nitrogens is 1. The van der Waals surface area contributed by atoms with E-state index in [1.54, 1.807) is 6.92 Å². The molecule has 4 heterocycles. The van der Waals surface area contributed by atoms with Crippen LogP contribution in [-0.2, 0) is 16.1 Å². The van der Waals surface area contributed by atoms with Crippen LogP contribution in [0.2, 0.25) is 0 Å². The van der Waals surface area contributed by atoms with E-state index in [0.717, 1.165) is 17.7 Å². The van der Waals surface area contributed by atoms with Crippen molar-refractivity contribution in [3.63, 3.8) is 0 Å². The first-order valence-electron chi connectivity index (χ1n) is 10.3. The van der Waals surface area contributed by atoms with Crippen molar-refractivity contribution in [1.82, 2.24) is 9.88 Å². The number of nitrogens with zero attached hydrogens (tertiary/aromatic N) is 2. The lowest BCUT2D eigenvalue weighted by atomic mass is 10.1. The number of benzene rings is 1. The van der Waals surface area contributed by atoms with Crippen molar-refractivity contribution in [2.75, 3.05) is 13.2 Å². The van der Waals surface area contributed by atoms with Crippen LogP contribution in [0, 0.1) is 6.92 Å². The third-order valence-corrected chi connectivity index (χ3v) is 6.44. The van der Waals surface area contributed by atoms with Crippen molar-refractivity contribution in [2.45, 2.75) is 32.5 Å². The van der Waals surface area contributed by atoms with Gasteiger partial charge in [0.2, 0.25) is 5.89 Å². The van der Waals surface area contributed by atoms with E-state index in [9.17, 15) is 14.4 Å². The number of hydrogen-bond acceptors (Lipinski definition) is 8. The molecule has 3 aromatic rings. The largest absolute Gasteiger partial charge is 0.455 e. The van der Waals surface area contributed by atoms with Crippen LogP contribution in [0.4, 0.5) is 0 Å². The van der Waals surface area contributed by atoms with Gasteiger partial charge in [-0.25, -0.2) is 9.78 Å². The standard InChI is InChI=1S/C23H20N2O6S/c1-13-18(24-20(31-13)19-5-3-9-32-19)12-30-23(28)14-6-7-16-17(10-14)22(27)25(21(16)26)11-15-4-2-8-29-15/h3,5-7,9-10,15H,2,4,8,11-12H2,1H3/t15-/m1/s1. The monoisotopic (exact) mass is 452 g/mol. The molecule has 2 aliphatic rings. The average molecular weight is 452 g/mol. The third-order valence-electron chi connectivity index (χ3n) is 5.58. The van der Waals surface area contributed by atoms with Gasteiger partial charge in [0.15, 0.2) is 0 Å². The van der Waals surface area contributed by atoms with Gasteiger partial charge in [-0.15, -0.1) is 11.3 Å². The molecule has 1 fully saturated rings. The molecular weight excluding hydrogens is 432 g/mol. The zero-order valence-corrected chi connectivity index (χ0v) is 18.1. The number of amides is 2. The number of fused-ring (bicyclic) bond motifs is 1. The Hall–Kier alpha value is -3.30. The molecule has 1 saturated heterocycles. The summed E-state index contributed by atoms with van der Waals surface area (Å²) in [5.74, 6) is -0.328. The Kier molecular flexibility index (Phi) is 5.36. The molecule has 0 unspecified atom stereocenters. The number of ether oxygens (including phenoxy) is 2. The Labute approximate surface area is 187 Å². The Morgan fingerprint density at radius 1 is 1.25 bits per heavy atom. The van der Waals surface area contributed by atoms with Crippen molar-refractivity contribution in [3.05, 3.63) is 63.9 Å². The quantitative estimate of drug-likeness (QED) is 0.414. The number of hydrogen-bond donors (Lipinski definition) is 0. The highest BCUT2D eigenvalue weighted by Crippen LogP contribution is 2.28. The molecule has 2 aliphatic heterocycles. The maximum atomic E-state index is 12.8. The number of carbonyl (C=O) groups excluding carboxylic acids is 3. The summed E-state index contributed by atoms with van der Waals surface area (Å²) in [6.07, 6.45) is 1.61. The van der Waals surface area contributed by atoms with Gasteiger partial charge in [0.25, 0.3) is 11.8 Å². The fraction of sp³-hybridized carbons (Fsp3) is 0.304. The highest BCUT2D eigenvalue weighted by molar-refractivity contribution is 7.13. The Bertz CT molecular complexity index is 1190. The van der Waals surface area contributed by atoms with E-state index < -0.39 is 11.9 Å². The van der Waals surface area contributed by atoms with E-state index in [0.29, 0.717) is 24.0 Å². The van der Waals surface area contributed by atoms with Crippen LogP contribution >= 0.6 is 11.3 Å². The van der Waals surface area contributed by atoms with Gasteiger partial charge in [-0.2, -0.15) is 0 Å². The lowest BCUT2D eigenvalue weighted by molar-refractivity contribution is 0.0464. The number of thiophene rings is 1. The summed E-state index contributed by atoms with van der Waals surface area (Å²) in [5.41, 5.74) is 1.22. The van der Waals surface area contributed by atoms with E-state index in [-0.39, 0.29) is 41.9 Å². The SMILES string of the molecule is Cc1oc(-c2cccs2)nc1COC(=O)c1ccc2c(c1)C(=O)N(C[C@H]1CCCO1)C2=O. The van der Waals surface area contributed by atoms with Crippen molar-refractivity contribution in [1.29, 1.82) is 0 Å². The van der Waals surface area contributed by atoms with Gasteiger partial charge < -0.3 is 13.9 Å². The minimum Gasteiger partial charge on any atom is -0.455 e. The van der Waals surface area contributed by atoms with Crippen LogP contribution < -0.4 is 0 Å². The third kappa shape index (κ3) is 3.74. The summed E-state index contributed by atoms with van der Waals surface area (Å²) in [5, 5.41) is 1.93. The summed E-state index contributed by atoms with van der Waals surface area (Å²) < 4.78 is 16.6. The van der Waals surface area contributed by atoms with Gasteiger partial charge in [-0.05, 0) is 49.4 Å². The molecule has 164 valence electrons. The summed E-state index contributed by atoms with van der Waals surface area (Å²) in [7, 11) is 0. The predicted molar refractivity (Wildman–Crippen MR) is 114 cm³/mol. The lowest BCUT2D eigenvalue weighted by Gasteiger charge is -2.17. The first-order valence-corrected chi connectivity index (χ1v) is 11.2. The van der Waals surface area contributed by atoms with Crippen LogP contribution in [0.15, 0.2) is 40.1 Å². The molecule has 9 heteroatoms. The normalized spacial score (nSPS) is 17.8. The minimum absolute atomic E-state index is 0.0609. The molecule has 8 nitrogen and oxygen atoms in total. The van der Waals surface area contributed by atoms with Gasteiger partial charge >= 0.3 is 5.97 Å². The average Bonchev–Trinajstić information content (AvgIpc) is 3.59. The summed E-state index contributed by atoms with van der Waals surface area (Å²) in [6, 6.07) is 8.21. The van der Waals surface area contributed by atoms with Crippen LogP contribution in [0.5, 0.6) is 0 Å². The van der Waals surface area contributed by atoms with Crippen molar-refractivity contribution >= 4 is 29.1 Å². The van der Waals surface area contributed by atoms with Gasteiger partial charge in [-0.1, -0.05) is 6.07 Å². The van der Waals surface area contributed by atoms with E-state index >= 15 is 0 Å². The number of rotatable bonds is 6. The summed E-state index contributed by atoms with van der Waals surface area (Å²) >= 11 is 1.51. The molecule has 5 rings (SSSR count). The number of esters is 1. The highest BCUT2D eigenvalue weighted by atomic mass is 32.1. The van der Waals surface area contributed by atoms with Gasteiger partial charge in [0.05, 0.1) is 34.2 Å². The zero-order chi connectivity index (χ0) is 22.2. The van der Waals surface area contributed by atoms with E-state index in [4.69, 9.17) is 13.9 Å². The van der Waals surface area contributed by atoms with Crippen molar-refractivity contribution in [3.8, 4) is 10.8 Å². The lowest BCUT2D eigenvalue weighted by Crippen LogP contribution is -2.36. The van der Waals surface area contributed by atoms with Crippen LogP contribution in [0.25, 0.3) is 10.8 Å². The van der Waals surface area contributed by atoms with E-state index in [1.807, 2.05) is 17.5 Å². The fourth-order valence-electron chi connectivity index (χ4n) is 3.86. The zero-order valence-electron chi connectivity index (χ0n) is 17.3. The maximum Gasteiger partial charge on any atom is 0.338 e. The minimum atomic E-state index is -0.606. The molecule has 32 heavy (non-hydrogen) atoms. The number of oxazole rings is 1. The Balaban J connectivity index is 1.28. The second kappa shape index (κ2) is 8.33. The molecule has 2 aromatic heterocycles. The van der Waals surface area contributed by atoms with Crippen molar-refractivity contribution < 1.29 is 28.3 Å². The maximum absolute atomic E-state index is 12.8. The van der Waals surface area contributed by atoms with Gasteiger partial charge in [0.1, 0.15) is 18.1 Å². The summed E-state index contributed by atoms with van der Waals surface area (Å²) in [4.78, 5) is 44.5. The summed E-state index contributed by atoms with van der Waals surface area (Å²) in [6.45, 7) is 2.57. The first kappa shape index (κ1) is 20.6. The predicted octanol–water partition coefficient (Wildman–Crippen LogP) is 3.84. The molecule has 2 amide bonds. The van der Waals surface area contributed by atoms with Gasteiger partial charge in [0, 0.05) is 6.61 Å². The van der Waals surface area contributed by atoms with Crippen LogP contribution in [-0.4, -0.2) is 46.9 Å². The molecule has 0 bridgehead atoms. The topological polar surface area (TPSA) is 98.9 Å². The molecule has 0 N–H and O–H groups in total. The molecule has 0 aliphatic carbocycles. The van der Waals surface area contributed by atoms with Crippen LogP contribution in [0.3, 0.4) is 0 Å². The number of carbonyl (C=O) groups is 3. The second-order valence-corrected chi connectivity index (χ2v) is 8.64. The second-order valence-electron chi connectivity index (χ2n) is 7.69. The molecule has 0 spiro atoms. The van der Waals surface area contributed by atoms with Gasteiger partial charge in [-0.3, -0.25) is 14.5 Å². The molecular formula is C23H20N2O6S. The Morgan fingerprint density at radius 3 is 2.84 bits per heavy atom. The van der Waals surface area contributed by atoms with E-state index in [1.165, 1.54) is 34.4 Å². The number of aryl methyl sites for hydroxylation is 1. The molecule has 1 atom stereocenters. The molecule has 0 saturated carbocycles. The van der Waals surface area contributed by atoms with Crippen LogP contribution in [0.1, 0.15) is 55.4 Å². The number of imide groups is 1. The first-order chi connectivity index (χ1) is 15.5. The molecule has 0 radical (unpaired) electrons.